The van der Waals surface area contributed by atoms with Crippen molar-refractivity contribution in [1.29, 1.82) is 0 Å². The predicted molar refractivity (Wildman–Crippen MR) is 89.6 cm³/mol. The molecule has 120 valence electrons. The number of ether oxygens (including phenoxy) is 1. The van der Waals surface area contributed by atoms with E-state index in [0.29, 0.717) is 18.7 Å². The third-order valence-corrected chi connectivity index (χ3v) is 3.32. The maximum atomic E-state index is 13.2. The molecule has 1 amide bonds. The number of rotatable bonds is 6. The smallest absolute Gasteiger partial charge is 0.244 e. The minimum Gasteiger partial charge on any atom is -0.493 e. The van der Waals surface area contributed by atoms with E-state index >= 15 is 0 Å². The third kappa shape index (κ3) is 4.95. The first-order valence-corrected chi connectivity index (χ1v) is 7.53. The highest BCUT2D eigenvalue weighted by molar-refractivity contribution is 5.92. The maximum absolute atomic E-state index is 13.2. The quantitative estimate of drug-likeness (QED) is 0.822. The molecular weight excluding hydrogens is 293 g/mol. The number of carbonyl (C=O) groups is 1. The van der Waals surface area contributed by atoms with Crippen molar-refractivity contribution in [2.24, 2.45) is 0 Å². The summed E-state index contributed by atoms with van der Waals surface area (Å²) in [6, 6.07) is 12.3. The number of benzene rings is 2. The summed E-state index contributed by atoms with van der Waals surface area (Å²) >= 11 is 0. The number of hydrogen-bond acceptors (Lipinski definition) is 2. The summed E-state index contributed by atoms with van der Waals surface area (Å²) in [5, 5.41) is 2.78. The first-order valence-electron chi connectivity index (χ1n) is 7.53. The van der Waals surface area contributed by atoms with Crippen LogP contribution in [-0.2, 0) is 11.3 Å². The van der Waals surface area contributed by atoms with E-state index in [2.05, 4.69) is 5.32 Å². The lowest BCUT2D eigenvalue weighted by Gasteiger charge is -2.07. The normalized spacial score (nSPS) is 10.7. The molecule has 0 aromatic heterocycles. The van der Waals surface area contributed by atoms with Crippen LogP contribution in [0.5, 0.6) is 5.75 Å². The molecule has 4 heteroatoms. The Balaban J connectivity index is 1.95. The molecule has 1 N–H and O–H groups in total. The Hall–Kier alpha value is -2.62. The van der Waals surface area contributed by atoms with Gasteiger partial charge in [0.1, 0.15) is 11.6 Å². The second-order valence-electron chi connectivity index (χ2n) is 5.11. The Bertz CT molecular complexity index is 710. The zero-order valence-corrected chi connectivity index (χ0v) is 13.3. The summed E-state index contributed by atoms with van der Waals surface area (Å²) in [7, 11) is 0. The van der Waals surface area contributed by atoms with Crippen LogP contribution in [0, 0.1) is 12.7 Å². The van der Waals surface area contributed by atoms with E-state index in [-0.39, 0.29) is 11.7 Å². The second kappa shape index (κ2) is 8.13. The van der Waals surface area contributed by atoms with Gasteiger partial charge in [0.05, 0.1) is 6.61 Å². The van der Waals surface area contributed by atoms with Crippen molar-refractivity contribution in [3.8, 4) is 5.75 Å². The maximum Gasteiger partial charge on any atom is 0.244 e. The van der Waals surface area contributed by atoms with Crippen molar-refractivity contribution >= 4 is 12.0 Å². The summed E-state index contributed by atoms with van der Waals surface area (Å²) in [6.07, 6.45) is 3.18. The summed E-state index contributed by atoms with van der Waals surface area (Å²) < 4.78 is 18.7. The summed E-state index contributed by atoms with van der Waals surface area (Å²) in [6.45, 7) is 4.54. The van der Waals surface area contributed by atoms with Gasteiger partial charge in [0, 0.05) is 18.2 Å². The fourth-order valence-corrected chi connectivity index (χ4v) is 2.14. The number of aryl methyl sites for hydroxylation is 1. The molecule has 0 unspecified atom stereocenters. The molecule has 0 heterocycles. The molecule has 0 spiro atoms. The van der Waals surface area contributed by atoms with Crippen molar-refractivity contribution in [3.63, 3.8) is 0 Å². The van der Waals surface area contributed by atoms with Gasteiger partial charge in [-0.3, -0.25) is 4.79 Å². The molecule has 2 aromatic rings. The van der Waals surface area contributed by atoms with Gasteiger partial charge < -0.3 is 10.1 Å². The van der Waals surface area contributed by atoms with Gasteiger partial charge in [-0.2, -0.15) is 0 Å². The Morgan fingerprint density at radius 1 is 1.26 bits per heavy atom. The van der Waals surface area contributed by atoms with E-state index in [9.17, 15) is 9.18 Å². The van der Waals surface area contributed by atoms with Crippen molar-refractivity contribution in [3.05, 3.63) is 71.0 Å². The monoisotopic (exact) mass is 313 g/mol. The molecule has 0 radical (unpaired) electrons. The lowest BCUT2D eigenvalue weighted by Crippen LogP contribution is -2.20. The van der Waals surface area contributed by atoms with Crippen LogP contribution in [0.2, 0.25) is 0 Å². The number of nitrogens with one attached hydrogen (secondary N) is 1. The van der Waals surface area contributed by atoms with Crippen molar-refractivity contribution in [2.75, 3.05) is 6.61 Å². The number of carbonyl (C=O) groups excluding carboxylic acids is 1. The average Bonchev–Trinajstić information content (AvgIpc) is 2.55. The third-order valence-electron chi connectivity index (χ3n) is 3.32. The minimum absolute atomic E-state index is 0.210. The van der Waals surface area contributed by atoms with Crippen molar-refractivity contribution in [2.45, 2.75) is 20.4 Å². The fourth-order valence-electron chi connectivity index (χ4n) is 2.14. The van der Waals surface area contributed by atoms with Crippen molar-refractivity contribution < 1.29 is 13.9 Å². The van der Waals surface area contributed by atoms with Gasteiger partial charge in [0.25, 0.3) is 0 Å². The molecule has 0 saturated carbocycles. The van der Waals surface area contributed by atoms with Crippen LogP contribution in [0.1, 0.15) is 23.6 Å². The van der Waals surface area contributed by atoms with Crippen LogP contribution in [0.3, 0.4) is 0 Å². The van der Waals surface area contributed by atoms with Gasteiger partial charge >= 0.3 is 0 Å². The number of hydrogen-bond donors (Lipinski definition) is 1. The molecule has 23 heavy (non-hydrogen) atoms. The standard InChI is InChI=1S/C19H20FNO2/c1-3-23-18-7-5-4-6-16(18)9-11-19(22)21-13-15-8-10-17(20)14(2)12-15/h4-12H,3,13H2,1-2H3,(H,21,22)/b11-9+. The molecule has 2 aromatic carbocycles. The van der Waals surface area contributed by atoms with Crippen LogP contribution < -0.4 is 10.1 Å². The Morgan fingerprint density at radius 2 is 2.04 bits per heavy atom. The van der Waals surface area contributed by atoms with Gasteiger partial charge in [0.2, 0.25) is 5.91 Å². The van der Waals surface area contributed by atoms with Gasteiger partial charge in [-0.25, -0.2) is 4.39 Å². The lowest BCUT2D eigenvalue weighted by atomic mass is 10.1. The van der Waals surface area contributed by atoms with Crippen LogP contribution in [-0.4, -0.2) is 12.5 Å². The number of halogens is 1. The van der Waals surface area contributed by atoms with Crippen LogP contribution in [0.25, 0.3) is 6.08 Å². The molecule has 0 aliphatic carbocycles. The first kappa shape index (κ1) is 16.7. The average molecular weight is 313 g/mol. The molecule has 0 atom stereocenters. The Labute approximate surface area is 135 Å². The zero-order valence-electron chi connectivity index (χ0n) is 13.3. The van der Waals surface area contributed by atoms with Crippen LogP contribution in [0.15, 0.2) is 48.5 Å². The summed E-state index contributed by atoms with van der Waals surface area (Å²) in [5.74, 6) is 0.291. The van der Waals surface area contributed by atoms with E-state index < -0.39 is 0 Å². The minimum atomic E-state index is -0.243. The SMILES string of the molecule is CCOc1ccccc1/C=C/C(=O)NCc1ccc(F)c(C)c1. The molecule has 0 saturated heterocycles. The molecule has 2 rings (SSSR count). The highest BCUT2D eigenvalue weighted by atomic mass is 19.1. The molecule has 0 aliphatic heterocycles. The first-order chi connectivity index (χ1) is 11.1. The molecule has 0 fully saturated rings. The second-order valence-corrected chi connectivity index (χ2v) is 5.11. The van der Waals surface area contributed by atoms with Crippen LogP contribution >= 0.6 is 0 Å². The number of amides is 1. The largest absolute Gasteiger partial charge is 0.493 e. The Morgan fingerprint density at radius 3 is 2.78 bits per heavy atom. The molecule has 3 nitrogen and oxygen atoms in total. The van der Waals surface area contributed by atoms with Crippen molar-refractivity contribution in [1.82, 2.24) is 5.32 Å². The zero-order chi connectivity index (χ0) is 16.7. The topological polar surface area (TPSA) is 38.3 Å². The predicted octanol–water partition coefficient (Wildman–Crippen LogP) is 3.86. The summed E-state index contributed by atoms with van der Waals surface area (Å²) in [5.41, 5.74) is 2.28. The van der Waals surface area contributed by atoms with E-state index in [0.717, 1.165) is 16.9 Å². The van der Waals surface area contributed by atoms with Crippen LogP contribution in [0.4, 0.5) is 4.39 Å². The fraction of sp³-hybridized carbons (Fsp3) is 0.211. The number of para-hydroxylation sites is 1. The van der Waals surface area contributed by atoms with Gasteiger partial charge in [0.15, 0.2) is 0 Å². The highest BCUT2D eigenvalue weighted by Gasteiger charge is 2.02. The molecular formula is C19H20FNO2. The van der Waals surface area contributed by atoms with E-state index in [4.69, 9.17) is 4.74 Å². The molecule has 0 bridgehead atoms. The van der Waals surface area contributed by atoms with Gasteiger partial charge in [-0.1, -0.05) is 30.3 Å². The van der Waals surface area contributed by atoms with Gasteiger partial charge in [-0.15, -0.1) is 0 Å². The van der Waals surface area contributed by atoms with E-state index in [1.54, 1.807) is 25.1 Å². The lowest BCUT2D eigenvalue weighted by molar-refractivity contribution is -0.116. The molecule has 0 aliphatic rings. The van der Waals surface area contributed by atoms with E-state index in [1.807, 2.05) is 31.2 Å². The van der Waals surface area contributed by atoms with E-state index in [1.165, 1.54) is 12.1 Å². The highest BCUT2D eigenvalue weighted by Crippen LogP contribution is 2.19. The van der Waals surface area contributed by atoms with Gasteiger partial charge in [-0.05, 0) is 43.2 Å². The summed E-state index contributed by atoms with van der Waals surface area (Å²) in [4.78, 5) is 11.9. The Kier molecular flexibility index (Phi) is 5.92.